The molecule has 1 saturated heterocycles. The molecule has 2 rings (SSSR count). The van der Waals surface area contributed by atoms with Crippen molar-refractivity contribution in [2.45, 2.75) is 17.5 Å². The maximum Gasteiger partial charge on any atom is 0.137 e. The van der Waals surface area contributed by atoms with Gasteiger partial charge in [-0.3, -0.25) is 0 Å². The largest absolute Gasteiger partial charge is 0.300 e. The Kier molecular flexibility index (Phi) is 3.14. The van der Waals surface area contributed by atoms with E-state index in [1.807, 2.05) is 17.8 Å². The molecule has 2 unspecified atom stereocenters. The highest BCUT2D eigenvalue weighted by Crippen LogP contribution is 2.38. The minimum atomic E-state index is -0.190. The second kappa shape index (κ2) is 4.21. The Bertz CT molecular complexity index is 345. The lowest BCUT2D eigenvalue weighted by Crippen LogP contribution is -2.14. The summed E-state index contributed by atoms with van der Waals surface area (Å²) in [5.41, 5.74) is 0.999. The van der Waals surface area contributed by atoms with Crippen LogP contribution < -0.4 is 5.32 Å². The zero-order chi connectivity index (χ0) is 10.1. The van der Waals surface area contributed by atoms with Crippen LogP contribution in [-0.4, -0.2) is 11.8 Å². The van der Waals surface area contributed by atoms with E-state index in [2.05, 4.69) is 28.2 Å². The van der Waals surface area contributed by atoms with Crippen LogP contribution in [0.3, 0.4) is 0 Å². The third kappa shape index (κ3) is 1.97. The summed E-state index contributed by atoms with van der Waals surface area (Å²) < 4.78 is 13.8. The summed E-state index contributed by atoms with van der Waals surface area (Å²) >= 11 is 5.12. The fraction of sp³-hybridized carbons (Fsp3) is 0.400. The third-order valence-electron chi connectivity index (χ3n) is 2.22. The minimum absolute atomic E-state index is 0.190. The van der Waals surface area contributed by atoms with Crippen LogP contribution in [0.4, 0.5) is 4.39 Å². The van der Waals surface area contributed by atoms with Crippen molar-refractivity contribution in [1.29, 1.82) is 0 Å². The van der Waals surface area contributed by atoms with Gasteiger partial charge in [-0.05, 0) is 27.6 Å². The summed E-state index contributed by atoms with van der Waals surface area (Å²) in [6.07, 6.45) is 0. The molecule has 0 aromatic heterocycles. The van der Waals surface area contributed by atoms with Crippen molar-refractivity contribution < 1.29 is 4.39 Å². The molecule has 1 heterocycles. The number of thioether (sulfide) groups is 1. The molecule has 0 spiro atoms. The maximum absolute atomic E-state index is 13.2. The average molecular weight is 276 g/mol. The Labute approximate surface area is 95.6 Å². The molecular weight excluding hydrogens is 265 g/mol. The van der Waals surface area contributed by atoms with Gasteiger partial charge in [0.25, 0.3) is 0 Å². The van der Waals surface area contributed by atoms with E-state index in [1.165, 1.54) is 6.07 Å². The van der Waals surface area contributed by atoms with E-state index in [9.17, 15) is 4.39 Å². The third-order valence-corrected chi connectivity index (χ3v) is 4.38. The fourth-order valence-corrected chi connectivity index (χ4v) is 3.35. The van der Waals surface area contributed by atoms with Crippen molar-refractivity contribution in [1.82, 2.24) is 5.32 Å². The summed E-state index contributed by atoms with van der Waals surface area (Å²) in [5, 5.41) is 4.17. The SMILES string of the molecule is CC1CNC(c2cccc(F)c2Br)S1. The molecule has 1 N–H and O–H groups in total. The molecular formula is C10H11BrFNS. The summed E-state index contributed by atoms with van der Waals surface area (Å²) in [4.78, 5) is 0. The van der Waals surface area contributed by atoms with Crippen LogP contribution >= 0.6 is 27.7 Å². The van der Waals surface area contributed by atoms with E-state index >= 15 is 0 Å². The Morgan fingerprint density at radius 1 is 1.57 bits per heavy atom. The topological polar surface area (TPSA) is 12.0 Å². The first-order valence-corrected chi connectivity index (χ1v) is 6.25. The fourth-order valence-electron chi connectivity index (χ4n) is 1.51. The van der Waals surface area contributed by atoms with Gasteiger partial charge in [0.05, 0.1) is 9.85 Å². The smallest absolute Gasteiger partial charge is 0.137 e. The molecule has 0 bridgehead atoms. The molecule has 1 aromatic rings. The molecule has 1 nitrogen and oxygen atoms in total. The standard InChI is InChI=1S/C10H11BrFNS/c1-6-5-13-10(14-6)7-3-2-4-8(12)9(7)11/h2-4,6,10,13H,5H2,1H3. The maximum atomic E-state index is 13.2. The first-order chi connectivity index (χ1) is 6.68. The van der Waals surface area contributed by atoms with Crippen molar-refractivity contribution >= 4 is 27.7 Å². The molecule has 1 fully saturated rings. The predicted octanol–water partition coefficient (Wildman–Crippen LogP) is 3.31. The van der Waals surface area contributed by atoms with Crippen LogP contribution in [-0.2, 0) is 0 Å². The lowest BCUT2D eigenvalue weighted by molar-refractivity contribution is 0.614. The highest BCUT2D eigenvalue weighted by Gasteiger charge is 2.24. The quantitative estimate of drug-likeness (QED) is 0.844. The zero-order valence-electron chi connectivity index (χ0n) is 7.76. The second-order valence-corrected chi connectivity index (χ2v) is 5.72. The molecule has 4 heteroatoms. The summed E-state index contributed by atoms with van der Waals surface area (Å²) in [7, 11) is 0. The lowest BCUT2D eigenvalue weighted by Gasteiger charge is -2.12. The minimum Gasteiger partial charge on any atom is -0.300 e. The van der Waals surface area contributed by atoms with E-state index in [0.717, 1.165) is 12.1 Å². The average Bonchev–Trinajstić information content (AvgIpc) is 2.57. The van der Waals surface area contributed by atoms with Crippen molar-refractivity contribution in [2.75, 3.05) is 6.54 Å². The Hall–Kier alpha value is -0.0600. The van der Waals surface area contributed by atoms with Crippen LogP contribution in [0.1, 0.15) is 17.9 Å². The zero-order valence-corrected chi connectivity index (χ0v) is 10.2. The number of hydrogen-bond donors (Lipinski definition) is 1. The second-order valence-electron chi connectivity index (χ2n) is 3.38. The normalized spacial score (nSPS) is 26.8. The first kappa shape index (κ1) is 10.5. The van der Waals surface area contributed by atoms with Crippen molar-refractivity contribution in [3.8, 4) is 0 Å². The van der Waals surface area contributed by atoms with E-state index < -0.39 is 0 Å². The molecule has 0 aliphatic carbocycles. The number of halogens is 2. The monoisotopic (exact) mass is 275 g/mol. The van der Waals surface area contributed by atoms with Crippen LogP contribution in [0.25, 0.3) is 0 Å². The highest BCUT2D eigenvalue weighted by molar-refractivity contribution is 9.10. The van der Waals surface area contributed by atoms with Crippen LogP contribution in [0.2, 0.25) is 0 Å². The number of nitrogens with one attached hydrogen (secondary N) is 1. The van der Waals surface area contributed by atoms with E-state index in [-0.39, 0.29) is 11.2 Å². The van der Waals surface area contributed by atoms with Crippen LogP contribution in [0.5, 0.6) is 0 Å². The van der Waals surface area contributed by atoms with Gasteiger partial charge in [-0.25, -0.2) is 4.39 Å². The number of hydrogen-bond acceptors (Lipinski definition) is 2. The van der Waals surface area contributed by atoms with Gasteiger partial charge < -0.3 is 5.32 Å². The Morgan fingerprint density at radius 2 is 2.36 bits per heavy atom. The van der Waals surface area contributed by atoms with Crippen molar-refractivity contribution in [3.63, 3.8) is 0 Å². The van der Waals surface area contributed by atoms with Crippen LogP contribution in [0.15, 0.2) is 22.7 Å². The first-order valence-electron chi connectivity index (χ1n) is 4.51. The van der Waals surface area contributed by atoms with E-state index in [0.29, 0.717) is 9.72 Å². The summed E-state index contributed by atoms with van der Waals surface area (Å²) in [5.74, 6) is -0.190. The van der Waals surface area contributed by atoms with Gasteiger partial charge in [0.2, 0.25) is 0 Å². The Morgan fingerprint density at radius 3 is 3.00 bits per heavy atom. The van der Waals surface area contributed by atoms with Gasteiger partial charge in [0.1, 0.15) is 5.82 Å². The molecule has 0 radical (unpaired) electrons. The van der Waals surface area contributed by atoms with Crippen molar-refractivity contribution in [2.24, 2.45) is 0 Å². The number of benzene rings is 1. The molecule has 1 aliphatic heterocycles. The molecule has 76 valence electrons. The molecule has 14 heavy (non-hydrogen) atoms. The van der Waals surface area contributed by atoms with Crippen molar-refractivity contribution in [3.05, 3.63) is 34.1 Å². The molecule has 1 aromatic carbocycles. The van der Waals surface area contributed by atoms with E-state index in [1.54, 1.807) is 6.07 Å². The van der Waals surface area contributed by atoms with Gasteiger partial charge in [0.15, 0.2) is 0 Å². The van der Waals surface area contributed by atoms with Gasteiger partial charge in [-0.1, -0.05) is 19.1 Å². The highest BCUT2D eigenvalue weighted by atomic mass is 79.9. The Balaban J connectivity index is 2.28. The summed E-state index contributed by atoms with van der Waals surface area (Å²) in [6, 6.07) is 5.17. The van der Waals surface area contributed by atoms with Gasteiger partial charge >= 0.3 is 0 Å². The molecule has 0 saturated carbocycles. The van der Waals surface area contributed by atoms with Gasteiger partial charge in [-0.15, -0.1) is 11.8 Å². The van der Waals surface area contributed by atoms with E-state index in [4.69, 9.17) is 0 Å². The number of rotatable bonds is 1. The molecule has 0 amide bonds. The predicted molar refractivity (Wildman–Crippen MR) is 61.9 cm³/mol. The van der Waals surface area contributed by atoms with Gasteiger partial charge in [-0.2, -0.15) is 0 Å². The van der Waals surface area contributed by atoms with Gasteiger partial charge in [0, 0.05) is 11.8 Å². The lowest BCUT2D eigenvalue weighted by atomic mass is 10.2. The molecule has 1 aliphatic rings. The van der Waals surface area contributed by atoms with Crippen LogP contribution in [0, 0.1) is 5.82 Å². The summed E-state index contributed by atoms with van der Waals surface area (Å²) in [6.45, 7) is 3.16. The molecule has 2 atom stereocenters.